The molecule has 10 aromatic rings. The van der Waals surface area contributed by atoms with Gasteiger partial charge in [-0.3, -0.25) is 0 Å². The lowest BCUT2D eigenvalue weighted by molar-refractivity contribution is 0.389. The summed E-state index contributed by atoms with van der Waals surface area (Å²) >= 11 is 0. The minimum atomic E-state index is -0.272. The van der Waals surface area contributed by atoms with E-state index in [4.69, 9.17) is 0 Å². The predicted molar refractivity (Wildman–Crippen MR) is 626 cm³/mol. The number of hydrogen-bond donors (Lipinski definition) is 0. The maximum absolute atomic E-state index is 4.17. The molecule has 0 aromatic heterocycles. The second-order valence-electron chi connectivity index (χ2n) is 46.4. The standard InChI is InChI=1S/C144H186/c1-13-25-37-55-91-139(92-56-38-26-14-2)124-70-52-49-67-115(124)118-85-79-112(106-130(118)139)76-73-109-82-88-127-121(103-109)133-136(142(127,97-61-43-31-19-7)98-62-44-32-20-8)134-123-105-111(75-78-114-81-87-120-117-69-51-54-72-126(117)141(132(120)108-114,95-59-41-29-17-5)96-60-42-30-18-6)84-90-129(123)144(101-65-47-35-23-11,102-66-48-36-24-12)138(134)135-122-104-110(83-89-128(122)143(137(133)135,99-63-45-33-21-9)100-64-46-34-22-10)74-77-113-80-86-119-116-68-50-53-71-125(116)140(131(119)107-113,93-57-39-27-15-3)94-58-40-28-16-4/h49-54,67-72,79-90,103-108H,13-48,55-66,91-102H2,1-12H3. The lowest BCUT2D eigenvalue weighted by Crippen LogP contribution is -2.31. The summed E-state index contributed by atoms with van der Waals surface area (Å²) in [5.41, 5.74) is 43.3. The Morgan fingerprint density at radius 2 is 0.299 bits per heavy atom. The Balaban J connectivity index is 0.992. The van der Waals surface area contributed by atoms with Crippen LogP contribution in [-0.4, -0.2) is 0 Å². The summed E-state index contributed by atoms with van der Waals surface area (Å²) < 4.78 is 0. The Morgan fingerprint density at radius 1 is 0.139 bits per heavy atom. The molecule has 16 rings (SSSR count). The molecule has 6 aliphatic rings. The lowest BCUT2D eigenvalue weighted by atomic mass is 9.63. The van der Waals surface area contributed by atoms with Gasteiger partial charge in [0.25, 0.3) is 0 Å². The van der Waals surface area contributed by atoms with Gasteiger partial charge in [0.2, 0.25) is 0 Å². The smallest absolute Gasteiger partial charge is 0.0255 e. The molecular formula is C144H186. The molecular weight excluding hydrogens is 1730 g/mol. The van der Waals surface area contributed by atoms with Crippen molar-refractivity contribution in [3.8, 4) is 102 Å². The van der Waals surface area contributed by atoms with Gasteiger partial charge in [-0.1, -0.05) is 536 Å². The molecule has 0 aliphatic heterocycles. The summed E-state index contributed by atoms with van der Waals surface area (Å²) in [6, 6.07) is 75.5. The van der Waals surface area contributed by atoms with Crippen LogP contribution >= 0.6 is 0 Å². The first-order valence-electron chi connectivity index (χ1n) is 60.9. The van der Waals surface area contributed by atoms with Crippen LogP contribution in [0.15, 0.2) is 182 Å². The van der Waals surface area contributed by atoms with Crippen LogP contribution in [0.4, 0.5) is 0 Å². The Bertz CT molecular complexity index is 5410. The summed E-state index contributed by atoms with van der Waals surface area (Å²) in [4.78, 5) is 0. The van der Waals surface area contributed by atoms with Gasteiger partial charge in [0.15, 0.2) is 0 Å². The van der Waals surface area contributed by atoms with E-state index in [-0.39, 0.29) is 32.5 Å². The van der Waals surface area contributed by atoms with Gasteiger partial charge >= 0.3 is 0 Å². The monoisotopic (exact) mass is 1920 g/mol. The molecule has 0 saturated carbocycles. The zero-order valence-electron chi connectivity index (χ0n) is 92.7. The first-order chi connectivity index (χ1) is 70.9. The Morgan fingerprint density at radius 3 is 0.493 bits per heavy atom. The average molecular weight is 1920 g/mol. The van der Waals surface area contributed by atoms with Crippen molar-refractivity contribution in [2.24, 2.45) is 0 Å². The van der Waals surface area contributed by atoms with Gasteiger partial charge in [0, 0.05) is 65.9 Å². The summed E-state index contributed by atoms with van der Waals surface area (Å²) in [5, 5.41) is 0. The topological polar surface area (TPSA) is 0 Å². The van der Waals surface area contributed by atoms with Crippen molar-refractivity contribution >= 4 is 0 Å². The molecule has 0 unspecified atom stereocenters. The Labute approximate surface area is 879 Å². The van der Waals surface area contributed by atoms with E-state index in [1.807, 2.05) is 0 Å². The minimum Gasteiger partial charge on any atom is -0.0654 e. The maximum atomic E-state index is 4.17. The van der Waals surface area contributed by atoms with Gasteiger partial charge < -0.3 is 0 Å². The van der Waals surface area contributed by atoms with Crippen LogP contribution in [-0.2, 0) is 32.5 Å². The fraction of sp³-hybridized carbons (Fsp3) is 0.542. The first kappa shape index (κ1) is 108. The normalized spacial score (nSPS) is 14.8. The van der Waals surface area contributed by atoms with Crippen molar-refractivity contribution in [3.05, 3.63) is 282 Å². The molecule has 0 atom stereocenters. The molecule has 0 heteroatoms. The maximum Gasteiger partial charge on any atom is 0.0255 e. The van der Waals surface area contributed by atoms with E-state index >= 15 is 0 Å². The zero-order valence-corrected chi connectivity index (χ0v) is 92.7. The number of benzene rings is 10. The molecule has 0 saturated heterocycles. The largest absolute Gasteiger partial charge is 0.0654 e. The molecule has 0 amide bonds. The molecule has 0 bridgehead atoms. The van der Waals surface area contributed by atoms with Gasteiger partial charge in [-0.05, 0) is 283 Å². The number of unbranched alkanes of at least 4 members (excludes halogenated alkanes) is 36. The van der Waals surface area contributed by atoms with E-state index in [2.05, 4.69) is 301 Å². The Kier molecular flexibility index (Phi) is 39.0. The third-order valence-electron chi connectivity index (χ3n) is 36.7. The van der Waals surface area contributed by atoms with Crippen LogP contribution in [0, 0.1) is 35.5 Å². The highest BCUT2D eigenvalue weighted by atomic mass is 14.6. The van der Waals surface area contributed by atoms with E-state index in [9.17, 15) is 0 Å². The Hall–Kier alpha value is -9.12. The molecule has 0 spiro atoms. The number of fused-ring (bicyclic) bond motifs is 21. The van der Waals surface area contributed by atoms with Crippen molar-refractivity contribution < 1.29 is 0 Å². The molecule has 0 nitrogen and oxygen atoms in total. The fourth-order valence-corrected chi connectivity index (χ4v) is 29.3. The van der Waals surface area contributed by atoms with Crippen molar-refractivity contribution in [2.45, 2.75) is 501 Å². The highest BCUT2D eigenvalue weighted by Crippen LogP contribution is 2.73. The highest BCUT2D eigenvalue weighted by molar-refractivity contribution is 6.06. The molecule has 0 N–H and O–H groups in total. The number of hydrogen-bond acceptors (Lipinski definition) is 0. The molecule has 144 heavy (non-hydrogen) atoms. The molecule has 6 aliphatic carbocycles. The second-order valence-corrected chi connectivity index (χ2v) is 46.4. The zero-order chi connectivity index (χ0) is 100. The van der Waals surface area contributed by atoms with Gasteiger partial charge in [0.05, 0.1) is 0 Å². The SMILES string of the molecule is CCCCCCC1(CCCCCC)c2ccccc2-c2ccc(C#Cc3ccc4c(c3)-c3c(c5c(c6c3C(CCCCCC)(CCCCCC)c3ccc(C#Cc7ccc8c(c7)C(CCCCCC)(CCCCCC)c7ccccc7-8)cc3-6)C(CCCCCC)(CCCCCC)c3ccc(C#Cc6ccc7c(c6)C(CCCCCC)(CCCCCC)c6ccccc6-7)cc3-5)C4(CCCCCC)CCCCCC)cc21. The lowest BCUT2D eigenvalue weighted by Gasteiger charge is -2.39. The summed E-state index contributed by atoms with van der Waals surface area (Å²) in [7, 11) is 0. The van der Waals surface area contributed by atoms with Crippen molar-refractivity contribution in [1.29, 1.82) is 0 Å². The van der Waals surface area contributed by atoms with Crippen LogP contribution in [0.5, 0.6) is 0 Å². The van der Waals surface area contributed by atoms with E-state index in [0.717, 1.165) is 71.9 Å². The van der Waals surface area contributed by atoms with Crippen LogP contribution in [0.25, 0.3) is 66.8 Å². The molecule has 762 valence electrons. The van der Waals surface area contributed by atoms with Gasteiger partial charge in [-0.2, -0.15) is 0 Å². The van der Waals surface area contributed by atoms with E-state index in [1.54, 1.807) is 66.8 Å². The average Bonchev–Trinajstić information content (AvgIpc) is 1.48. The summed E-state index contributed by atoms with van der Waals surface area (Å²) in [5.74, 6) is 24.8. The van der Waals surface area contributed by atoms with Crippen LogP contribution < -0.4 is 0 Å². The van der Waals surface area contributed by atoms with Crippen LogP contribution in [0.2, 0.25) is 0 Å². The molecule has 0 radical (unpaired) electrons. The third-order valence-corrected chi connectivity index (χ3v) is 36.7. The highest BCUT2D eigenvalue weighted by Gasteiger charge is 2.59. The summed E-state index contributed by atoms with van der Waals surface area (Å²) in [6.07, 6.45) is 74.1. The summed E-state index contributed by atoms with van der Waals surface area (Å²) in [6.45, 7) is 28.9. The third kappa shape index (κ3) is 22.4. The van der Waals surface area contributed by atoms with E-state index in [0.29, 0.717) is 0 Å². The van der Waals surface area contributed by atoms with E-state index in [1.165, 1.54) is 413 Å². The van der Waals surface area contributed by atoms with Crippen LogP contribution in [0.3, 0.4) is 0 Å². The predicted octanol–water partition coefficient (Wildman–Crippen LogP) is 43.1. The molecule has 0 heterocycles. The van der Waals surface area contributed by atoms with E-state index < -0.39 is 0 Å². The van der Waals surface area contributed by atoms with Crippen molar-refractivity contribution in [3.63, 3.8) is 0 Å². The number of rotatable bonds is 60. The molecule has 0 fully saturated rings. The van der Waals surface area contributed by atoms with Crippen molar-refractivity contribution in [1.82, 2.24) is 0 Å². The minimum absolute atomic E-state index is 0.0206. The van der Waals surface area contributed by atoms with Gasteiger partial charge in [-0.25, -0.2) is 0 Å². The van der Waals surface area contributed by atoms with Crippen LogP contribution in [0.1, 0.15) is 568 Å². The first-order valence-corrected chi connectivity index (χ1v) is 60.9. The van der Waals surface area contributed by atoms with Gasteiger partial charge in [0.1, 0.15) is 0 Å². The quantitative estimate of drug-likeness (QED) is 0.0263. The molecule has 10 aromatic carbocycles. The second kappa shape index (κ2) is 52.2. The fourth-order valence-electron chi connectivity index (χ4n) is 29.3. The van der Waals surface area contributed by atoms with Crippen molar-refractivity contribution in [2.75, 3.05) is 0 Å². The van der Waals surface area contributed by atoms with Gasteiger partial charge in [-0.15, -0.1) is 0 Å².